The zero-order valence-electron chi connectivity index (χ0n) is 10.2. The molecule has 0 atom stereocenters. The predicted molar refractivity (Wildman–Crippen MR) is 68.2 cm³/mol. The van der Waals surface area contributed by atoms with Gasteiger partial charge in [-0.15, -0.1) is 12.4 Å². The number of unbranched alkanes of at least 4 members (excludes halogenated alkanes) is 1. The molecule has 3 nitrogen and oxygen atoms in total. The van der Waals surface area contributed by atoms with Gasteiger partial charge in [0.2, 0.25) is 0 Å². The molecule has 0 aromatic rings. The Kier molecular flexibility index (Phi) is 8.67. The van der Waals surface area contributed by atoms with Gasteiger partial charge in [0.25, 0.3) is 0 Å². The van der Waals surface area contributed by atoms with Gasteiger partial charge in [-0.3, -0.25) is 4.79 Å². The fourth-order valence-corrected chi connectivity index (χ4v) is 2.23. The summed E-state index contributed by atoms with van der Waals surface area (Å²) in [5.41, 5.74) is 0. The number of aliphatic carboxylic acids is 1. The number of carboxylic acids is 1. The van der Waals surface area contributed by atoms with Crippen molar-refractivity contribution in [3.8, 4) is 0 Å². The van der Waals surface area contributed by atoms with E-state index < -0.39 is 5.97 Å². The van der Waals surface area contributed by atoms with Crippen LogP contribution in [-0.4, -0.2) is 35.6 Å². The average Bonchev–Trinajstić information content (AvgIpc) is 2.25. The second kappa shape index (κ2) is 8.82. The lowest BCUT2D eigenvalue weighted by Gasteiger charge is -2.31. The fraction of sp³-hybridized carbons (Fsp3) is 0.917. The standard InChI is InChI=1S/C12H23NO2.ClH/c1-2-11-6-9-13(10-7-11)8-4-3-5-12(14)15;/h11H,2-10H2,1H3,(H,14,15);1H. The van der Waals surface area contributed by atoms with Crippen molar-refractivity contribution in [2.24, 2.45) is 5.92 Å². The van der Waals surface area contributed by atoms with E-state index >= 15 is 0 Å². The molecule has 0 spiro atoms. The van der Waals surface area contributed by atoms with E-state index in [0.717, 1.165) is 25.3 Å². The molecule has 0 amide bonds. The number of hydrogen-bond donors (Lipinski definition) is 1. The predicted octanol–water partition coefficient (Wildman–Crippen LogP) is 2.79. The molecule has 0 radical (unpaired) electrons. The van der Waals surface area contributed by atoms with Gasteiger partial charge in [-0.1, -0.05) is 13.3 Å². The Labute approximate surface area is 105 Å². The summed E-state index contributed by atoms with van der Waals surface area (Å²) in [5, 5.41) is 8.50. The molecule has 1 aliphatic rings. The Bertz CT molecular complexity index is 191. The van der Waals surface area contributed by atoms with Crippen LogP contribution in [0.15, 0.2) is 0 Å². The third-order valence-corrected chi connectivity index (χ3v) is 3.40. The van der Waals surface area contributed by atoms with Crippen molar-refractivity contribution >= 4 is 18.4 Å². The number of likely N-dealkylation sites (tertiary alicyclic amines) is 1. The van der Waals surface area contributed by atoms with Crippen LogP contribution in [0.4, 0.5) is 0 Å². The zero-order valence-corrected chi connectivity index (χ0v) is 11.0. The smallest absolute Gasteiger partial charge is 0.303 e. The number of nitrogens with zero attached hydrogens (tertiary/aromatic N) is 1. The molecule has 16 heavy (non-hydrogen) atoms. The highest BCUT2D eigenvalue weighted by atomic mass is 35.5. The Balaban J connectivity index is 0.00000225. The molecule has 96 valence electrons. The van der Waals surface area contributed by atoms with E-state index in [0.29, 0.717) is 6.42 Å². The highest BCUT2D eigenvalue weighted by molar-refractivity contribution is 5.85. The van der Waals surface area contributed by atoms with Gasteiger partial charge in [-0.25, -0.2) is 0 Å². The maximum absolute atomic E-state index is 10.3. The van der Waals surface area contributed by atoms with E-state index in [1.807, 2.05) is 0 Å². The van der Waals surface area contributed by atoms with Crippen molar-refractivity contribution in [3.63, 3.8) is 0 Å². The summed E-state index contributed by atoms with van der Waals surface area (Å²) >= 11 is 0. The molecule has 1 aliphatic heterocycles. The first-order chi connectivity index (χ1) is 7.22. The Morgan fingerprint density at radius 2 is 1.94 bits per heavy atom. The molecule has 0 aromatic carbocycles. The third kappa shape index (κ3) is 6.33. The van der Waals surface area contributed by atoms with Crippen LogP contribution in [0.2, 0.25) is 0 Å². The van der Waals surface area contributed by atoms with Gasteiger partial charge in [0.05, 0.1) is 0 Å². The van der Waals surface area contributed by atoms with E-state index in [4.69, 9.17) is 5.11 Å². The molecule has 0 unspecified atom stereocenters. The lowest BCUT2D eigenvalue weighted by Crippen LogP contribution is -2.34. The average molecular weight is 250 g/mol. The number of carboxylic acid groups (broad SMARTS) is 1. The minimum atomic E-state index is -0.667. The summed E-state index contributed by atoms with van der Waals surface area (Å²) in [5.74, 6) is 0.264. The minimum Gasteiger partial charge on any atom is -0.481 e. The Hall–Kier alpha value is -0.280. The Morgan fingerprint density at radius 3 is 2.44 bits per heavy atom. The number of piperidine rings is 1. The van der Waals surface area contributed by atoms with Crippen LogP contribution in [0.25, 0.3) is 0 Å². The molecule has 0 bridgehead atoms. The quantitative estimate of drug-likeness (QED) is 0.736. The molecule has 1 fully saturated rings. The Morgan fingerprint density at radius 1 is 1.31 bits per heavy atom. The van der Waals surface area contributed by atoms with Crippen LogP contribution >= 0.6 is 12.4 Å². The molecule has 1 N–H and O–H groups in total. The third-order valence-electron chi connectivity index (χ3n) is 3.40. The summed E-state index contributed by atoms with van der Waals surface area (Å²) in [7, 11) is 0. The van der Waals surface area contributed by atoms with E-state index in [2.05, 4.69) is 11.8 Å². The summed E-state index contributed by atoms with van der Waals surface area (Å²) in [6.07, 6.45) is 6.15. The minimum absolute atomic E-state index is 0. The van der Waals surface area contributed by atoms with Crippen LogP contribution in [0.5, 0.6) is 0 Å². The molecule has 4 heteroatoms. The van der Waals surface area contributed by atoms with Gasteiger partial charge in [0.15, 0.2) is 0 Å². The molecule has 1 saturated heterocycles. The number of carbonyl (C=O) groups is 1. The van der Waals surface area contributed by atoms with E-state index in [1.54, 1.807) is 0 Å². The maximum Gasteiger partial charge on any atom is 0.303 e. The van der Waals surface area contributed by atoms with Gasteiger partial charge < -0.3 is 10.0 Å². The number of halogens is 1. The van der Waals surface area contributed by atoms with Crippen LogP contribution in [-0.2, 0) is 4.79 Å². The van der Waals surface area contributed by atoms with Crippen molar-refractivity contribution in [1.82, 2.24) is 4.90 Å². The van der Waals surface area contributed by atoms with Crippen molar-refractivity contribution in [3.05, 3.63) is 0 Å². The highest BCUT2D eigenvalue weighted by Gasteiger charge is 2.16. The zero-order chi connectivity index (χ0) is 11.1. The summed E-state index contributed by atoms with van der Waals surface area (Å²) < 4.78 is 0. The molecule has 1 rings (SSSR count). The first-order valence-electron chi connectivity index (χ1n) is 6.16. The molecular formula is C12H24ClNO2. The van der Waals surface area contributed by atoms with Gasteiger partial charge in [0.1, 0.15) is 0 Å². The lowest BCUT2D eigenvalue weighted by atomic mass is 9.94. The van der Waals surface area contributed by atoms with E-state index in [1.165, 1.54) is 32.4 Å². The van der Waals surface area contributed by atoms with Gasteiger partial charge >= 0.3 is 5.97 Å². The molecule has 0 aromatic heterocycles. The molecular weight excluding hydrogens is 226 g/mol. The largest absolute Gasteiger partial charge is 0.481 e. The van der Waals surface area contributed by atoms with Crippen molar-refractivity contribution < 1.29 is 9.90 Å². The van der Waals surface area contributed by atoms with Crippen LogP contribution in [0.3, 0.4) is 0 Å². The van der Waals surface area contributed by atoms with Gasteiger partial charge in [-0.2, -0.15) is 0 Å². The highest BCUT2D eigenvalue weighted by Crippen LogP contribution is 2.19. The van der Waals surface area contributed by atoms with Crippen LogP contribution < -0.4 is 0 Å². The number of hydrogen-bond acceptors (Lipinski definition) is 2. The van der Waals surface area contributed by atoms with Crippen molar-refractivity contribution in [2.75, 3.05) is 19.6 Å². The summed E-state index contributed by atoms with van der Waals surface area (Å²) in [6.45, 7) is 5.79. The number of rotatable bonds is 6. The summed E-state index contributed by atoms with van der Waals surface area (Å²) in [4.78, 5) is 12.8. The molecule has 1 heterocycles. The van der Waals surface area contributed by atoms with E-state index in [-0.39, 0.29) is 12.4 Å². The van der Waals surface area contributed by atoms with Crippen LogP contribution in [0.1, 0.15) is 45.4 Å². The maximum atomic E-state index is 10.3. The second-order valence-electron chi connectivity index (χ2n) is 4.54. The monoisotopic (exact) mass is 249 g/mol. The molecule has 0 saturated carbocycles. The first kappa shape index (κ1) is 15.7. The van der Waals surface area contributed by atoms with Crippen LogP contribution in [0, 0.1) is 5.92 Å². The normalized spacial score (nSPS) is 18.1. The topological polar surface area (TPSA) is 40.5 Å². The van der Waals surface area contributed by atoms with E-state index in [9.17, 15) is 4.79 Å². The SMILES string of the molecule is CCC1CCN(CCCCC(=O)O)CC1.Cl. The van der Waals surface area contributed by atoms with Gasteiger partial charge in [0, 0.05) is 6.42 Å². The second-order valence-corrected chi connectivity index (χ2v) is 4.54. The summed E-state index contributed by atoms with van der Waals surface area (Å²) in [6, 6.07) is 0. The lowest BCUT2D eigenvalue weighted by molar-refractivity contribution is -0.137. The first-order valence-corrected chi connectivity index (χ1v) is 6.16. The van der Waals surface area contributed by atoms with Crippen molar-refractivity contribution in [2.45, 2.75) is 45.4 Å². The van der Waals surface area contributed by atoms with Gasteiger partial charge in [-0.05, 0) is 51.2 Å². The fourth-order valence-electron chi connectivity index (χ4n) is 2.23. The molecule has 0 aliphatic carbocycles. The van der Waals surface area contributed by atoms with Crippen molar-refractivity contribution in [1.29, 1.82) is 0 Å².